The SMILES string of the molecule is Clc1ccccc1CCNCCNC1CCCCCCC1. The Labute approximate surface area is 134 Å². The fraction of sp³-hybridized carbons (Fsp3) is 0.667. The minimum absolute atomic E-state index is 0.746. The van der Waals surface area contributed by atoms with Gasteiger partial charge in [-0.1, -0.05) is 61.9 Å². The van der Waals surface area contributed by atoms with E-state index in [4.69, 9.17) is 11.6 Å². The van der Waals surface area contributed by atoms with E-state index in [1.807, 2.05) is 12.1 Å². The van der Waals surface area contributed by atoms with Crippen LogP contribution in [-0.2, 0) is 6.42 Å². The number of halogens is 1. The smallest absolute Gasteiger partial charge is 0.0438 e. The van der Waals surface area contributed by atoms with E-state index in [1.54, 1.807) is 0 Å². The Morgan fingerprint density at radius 2 is 1.62 bits per heavy atom. The Bertz CT molecular complexity index is 387. The molecule has 0 heterocycles. The molecule has 1 aliphatic carbocycles. The van der Waals surface area contributed by atoms with E-state index >= 15 is 0 Å². The number of hydrogen-bond donors (Lipinski definition) is 2. The molecule has 3 heteroatoms. The zero-order valence-corrected chi connectivity index (χ0v) is 13.8. The maximum absolute atomic E-state index is 6.15. The van der Waals surface area contributed by atoms with Crippen LogP contribution in [0.1, 0.15) is 50.5 Å². The highest BCUT2D eigenvalue weighted by atomic mass is 35.5. The van der Waals surface area contributed by atoms with Gasteiger partial charge in [0.05, 0.1) is 0 Å². The number of benzene rings is 1. The Kier molecular flexibility index (Phi) is 8.16. The fourth-order valence-electron chi connectivity index (χ4n) is 3.07. The van der Waals surface area contributed by atoms with Crippen LogP contribution in [-0.4, -0.2) is 25.7 Å². The van der Waals surface area contributed by atoms with Gasteiger partial charge in [-0.25, -0.2) is 0 Å². The molecule has 1 fully saturated rings. The second-order valence-corrected chi connectivity index (χ2v) is 6.49. The van der Waals surface area contributed by atoms with E-state index < -0.39 is 0 Å². The quantitative estimate of drug-likeness (QED) is 0.739. The Morgan fingerprint density at radius 3 is 2.38 bits per heavy atom. The lowest BCUT2D eigenvalue weighted by atomic mass is 9.97. The molecule has 0 saturated heterocycles. The molecule has 0 bridgehead atoms. The molecule has 21 heavy (non-hydrogen) atoms. The predicted octanol–water partition coefficient (Wildman–Crippen LogP) is 4.17. The van der Waals surface area contributed by atoms with Crippen LogP contribution in [0.15, 0.2) is 24.3 Å². The molecule has 1 aliphatic rings. The molecular weight excluding hydrogens is 280 g/mol. The van der Waals surface area contributed by atoms with E-state index in [0.29, 0.717) is 0 Å². The third kappa shape index (κ3) is 6.82. The summed E-state index contributed by atoms with van der Waals surface area (Å²) in [5, 5.41) is 8.10. The topological polar surface area (TPSA) is 24.1 Å². The molecule has 0 aromatic heterocycles. The molecule has 2 N–H and O–H groups in total. The molecule has 1 aromatic carbocycles. The van der Waals surface area contributed by atoms with Crippen molar-refractivity contribution in [2.45, 2.75) is 57.4 Å². The van der Waals surface area contributed by atoms with E-state index in [2.05, 4.69) is 22.8 Å². The van der Waals surface area contributed by atoms with Gasteiger partial charge in [-0.3, -0.25) is 0 Å². The molecule has 0 spiro atoms. The van der Waals surface area contributed by atoms with Gasteiger partial charge in [0.15, 0.2) is 0 Å². The molecular formula is C18H29ClN2. The van der Waals surface area contributed by atoms with E-state index in [-0.39, 0.29) is 0 Å². The lowest BCUT2D eigenvalue weighted by molar-refractivity contribution is 0.389. The van der Waals surface area contributed by atoms with Crippen LogP contribution >= 0.6 is 11.6 Å². The summed E-state index contributed by atoms with van der Waals surface area (Å²) in [5.74, 6) is 0. The summed E-state index contributed by atoms with van der Waals surface area (Å²) in [6.45, 7) is 3.12. The van der Waals surface area contributed by atoms with Gasteiger partial charge < -0.3 is 10.6 Å². The van der Waals surface area contributed by atoms with Gasteiger partial charge in [0, 0.05) is 24.2 Å². The third-order valence-corrected chi connectivity index (χ3v) is 4.74. The van der Waals surface area contributed by atoms with E-state index in [1.165, 1.54) is 50.5 Å². The lowest BCUT2D eigenvalue weighted by Gasteiger charge is -2.21. The lowest BCUT2D eigenvalue weighted by Crippen LogP contribution is -2.36. The second kappa shape index (κ2) is 10.2. The first-order valence-electron chi connectivity index (χ1n) is 8.54. The summed E-state index contributed by atoms with van der Waals surface area (Å²) in [6.07, 6.45) is 10.8. The van der Waals surface area contributed by atoms with Crippen molar-refractivity contribution in [1.82, 2.24) is 10.6 Å². The number of hydrogen-bond acceptors (Lipinski definition) is 2. The second-order valence-electron chi connectivity index (χ2n) is 6.09. The van der Waals surface area contributed by atoms with Gasteiger partial charge in [0.2, 0.25) is 0 Å². The van der Waals surface area contributed by atoms with Crippen LogP contribution in [0.3, 0.4) is 0 Å². The van der Waals surface area contributed by atoms with Crippen molar-refractivity contribution in [2.75, 3.05) is 19.6 Å². The molecule has 0 aliphatic heterocycles. The van der Waals surface area contributed by atoms with Gasteiger partial charge in [0.25, 0.3) is 0 Å². The maximum atomic E-state index is 6.15. The average molecular weight is 309 g/mol. The zero-order chi connectivity index (χ0) is 14.8. The zero-order valence-electron chi connectivity index (χ0n) is 13.0. The third-order valence-electron chi connectivity index (χ3n) is 4.37. The first-order chi connectivity index (χ1) is 10.4. The summed E-state index contributed by atoms with van der Waals surface area (Å²) < 4.78 is 0. The predicted molar refractivity (Wildman–Crippen MR) is 92.1 cm³/mol. The van der Waals surface area contributed by atoms with Gasteiger partial charge in [-0.05, 0) is 37.4 Å². The summed E-state index contributed by atoms with van der Waals surface area (Å²) in [4.78, 5) is 0. The molecule has 0 unspecified atom stereocenters. The van der Waals surface area contributed by atoms with Crippen LogP contribution in [0.5, 0.6) is 0 Å². The molecule has 2 nitrogen and oxygen atoms in total. The first-order valence-corrected chi connectivity index (χ1v) is 8.91. The van der Waals surface area contributed by atoms with Crippen LogP contribution < -0.4 is 10.6 Å². The summed E-state index contributed by atoms with van der Waals surface area (Å²) >= 11 is 6.15. The average Bonchev–Trinajstić information content (AvgIpc) is 2.46. The van der Waals surface area contributed by atoms with Gasteiger partial charge >= 0.3 is 0 Å². The maximum Gasteiger partial charge on any atom is 0.0438 e. The van der Waals surface area contributed by atoms with Crippen LogP contribution in [0, 0.1) is 0 Å². The van der Waals surface area contributed by atoms with Gasteiger partial charge in [0.1, 0.15) is 0 Å². The minimum atomic E-state index is 0.746. The van der Waals surface area contributed by atoms with Crippen LogP contribution in [0.4, 0.5) is 0 Å². The number of rotatable bonds is 7. The molecule has 1 saturated carbocycles. The van der Waals surface area contributed by atoms with Crippen molar-refractivity contribution in [1.29, 1.82) is 0 Å². The Hall–Kier alpha value is -0.570. The normalized spacial score (nSPS) is 17.4. The van der Waals surface area contributed by atoms with Crippen LogP contribution in [0.2, 0.25) is 5.02 Å². The largest absolute Gasteiger partial charge is 0.315 e. The van der Waals surface area contributed by atoms with E-state index in [0.717, 1.165) is 37.1 Å². The van der Waals surface area contributed by atoms with Crippen LogP contribution in [0.25, 0.3) is 0 Å². The Balaban J connectivity index is 1.52. The van der Waals surface area contributed by atoms with Crippen molar-refractivity contribution in [3.63, 3.8) is 0 Å². The van der Waals surface area contributed by atoms with Crippen molar-refractivity contribution >= 4 is 11.6 Å². The Morgan fingerprint density at radius 1 is 0.905 bits per heavy atom. The molecule has 2 rings (SSSR count). The first kappa shape index (κ1) is 16.8. The van der Waals surface area contributed by atoms with E-state index in [9.17, 15) is 0 Å². The summed E-state index contributed by atoms with van der Waals surface area (Å²) in [6, 6.07) is 8.86. The van der Waals surface area contributed by atoms with Gasteiger partial charge in [-0.2, -0.15) is 0 Å². The van der Waals surface area contributed by atoms with Crippen molar-refractivity contribution in [3.8, 4) is 0 Å². The van der Waals surface area contributed by atoms with Crippen molar-refractivity contribution in [2.24, 2.45) is 0 Å². The van der Waals surface area contributed by atoms with Gasteiger partial charge in [-0.15, -0.1) is 0 Å². The molecule has 118 valence electrons. The molecule has 0 atom stereocenters. The summed E-state index contributed by atoms with van der Waals surface area (Å²) in [7, 11) is 0. The fourth-order valence-corrected chi connectivity index (χ4v) is 3.30. The number of nitrogens with one attached hydrogen (secondary N) is 2. The standard InChI is InChI=1S/C18H29ClN2/c19-18-11-7-6-8-16(18)12-13-20-14-15-21-17-9-4-2-1-3-5-10-17/h6-8,11,17,20-21H,1-5,9-10,12-15H2. The van der Waals surface area contributed by atoms with Crippen molar-refractivity contribution in [3.05, 3.63) is 34.9 Å². The molecule has 0 radical (unpaired) electrons. The minimum Gasteiger partial charge on any atom is -0.315 e. The highest BCUT2D eigenvalue weighted by Crippen LogP contribution is 2.17. The molecule has 1 aromatic rings. The summed E-state index contributed by atoms with van der Waals surface area (Å²) in [5.41, 5.74) is 1.24. The monoisotopic (exact) mass is 308 g/mol. The highest BCUT2D eigenvalue weighted by Gasteiger charge is 2.09. The molecule has 0 amide bonds. The highest BCUT2D eigenvalue weighted by molar-refractivity contribution is 6.31. The van der Waals surface area contributed by atoms with Crippen molar-refractivity contribution < 1.29 is 0 Å².